The highest BCUT2D eigenvalue weighted by Crippen LogP contribution is 2.32. The first kappa shape index (κ1) is 24.3. The van der Waals surface area contributed by atoms with Crippen LogP contribution < -0.4 is 9.80 Å². The lowest BCUT2D eigenvalue weighted by Gasteiger charge is -2.23. The minimum Gasteiger partial charge on any atom is -0.478 e. The molecule has 4 aromatic carbocycles. The van der Waals surface area contributed by atoms with E-state index in [9.17, 15) is 14.7 Å². The number of hydrogen-bond acceptors (Lipinski definition) is 4. The summed E-state index contributed by atoms with van der Waals surface area (Å²) in [6.45, 7) is 0. The number of benzene rings is 4. The van der Waals surface area contributed by atoms with E-state index in [4.69, 9.17) is 23.2 Å². The second-order valence-electron chi connectivity index (χ2n) is 7.95. The second-order valence-corrected chi connectivity index (χ2v) is 8.83. The van der Waals surface area contributed by atoms with E-state index in [1.165, 1.54) is 6.07 Å². The molecule has 0 spiro atoms. The summed E-state index contributed by atoms with van der Waals surface area (Å²) < 4.78 is 0. The molecule has 0 heterocycles. The van der Waals surface area contributed by atoms with Gasteiger partial charge in [-0.3, -0.25) is 4.79 Å². The average Bonchev–Trinajstić information content (AvgIpc) is 2.88. The van der Waals surface area contributed by atoms with E-state index in [1.807, 2.05) is 36.2 Å². The molecule has 4 aromatic rings. The third-order valence-electron chi connectivity index (χ3n) is 5.79. The summed E-state index contributed by atoms with van der Waals surface area (Å²) in [5.41, 5.74) is 3.55. The van der Waals surface area contributed by atoms with Gasteiger partial charge in [0.05, 0.1) is 16.9 Å². The summed E-state index contributed by atoms with van der Waals surface area (Å²) >= 11 is 12.0. The first-order valence-corrected chi connectivity index (χ1v) is 11.5. The predicted octanol–water partition coefficient (Wildman–Crippen LogP) is 7.46. The molecule has 35 heavy (non-hydrogen) atoms. The normalized spacial score (nSPS) is 10.6. The van der Waals surface area contributed by atoms with Gasteiger partial charge in [-0.25, -0.2) is 4.79 Å². The Hall–Kier alpha value is -3.80. The monoisotopic (exact) mass is 504 g/mol. The molecule has 4 rings (SSSR count). The molecule has 0 radical (unpaired) electrons. The van der Waals surface area contributed by atoms with Crippen LogP contribution in [0.5, 0.6) is 0 Å². The molecule has 0 amide bonds. The molecule has 0 aliphatic heterocycles. The van der Waals surface area contributed by atoms with Gasteiger partial charge in [0, 0.05) is 46.6 Å². The summed E-state index contributed by atoms with van der Waals surface area (Å²) in [7, 11) is 3.63. The number of carbonyl (C=O) groups excluding carboxylic acids is 1. The Morgan fingerprint density at radius 1 is 0.657 bits per heavy atom. The second kappa shape index (κ2) is 10.2. The lowest BCUT2D eigenvalue weighted by molar-refractivity contribution is 0.0697. The van der Waals surface area contributed by atoms with E-state index in [2.05, 4.69) is 0 Å². The smallest absolute Gasteiger partial charge is 0.337 e. The standard InChI is InChI=1S/C28H22Cl2N2O3/c1-31(21-12-8-19(29)9-13-21)25-6-4-3-5-23(25)27(33)18-7-16-26(24(17-18)28(34)35)32(2)22-14-10-20(30)11-15-22/h3-17H,1-2H3,(H,34,35). The molecule has 176 valence electrons. The van der Waals surface area contributed by atoms with Crippen molar-refractivity contribution < 1.29 is 14.7 Å². The molecule has 0 saturated heterocycles. The van der Waals surface area contributed by atoms with Crippen molar-refractivity contribution >= 4 is 57.7 Å². The SMILES string of the molecule is CN(c1ccc(Cl)cc1)c1ccc(C(=O)c2ccccc2N(C)c2ccc(Cl)cc2)cc1C(=O)O. The number of ketones is 1. The zero-order valence-corrected chi connectivity index (χ0v) is 20.6. The fourth-order valence-corrected chi connectivity index (χ4v) is 4.11. The maximum atomic E-state index is 13.6. The van der Waals surface area contributed by atoms with Crippen LogP contribution >= 0.6 is 23.2 Å². The Morgan fingerprint density at radius 2 is 1.14 bits per heavy atom. The van der Waals surface area contributed by atoms with Gasteiger partial charge in [-0.1, -0.05) is 35.3 Å². The number of rotatable bonds is 7. The highest BCUT2D eigenvalue weighted by Gasteiger charge is 2.21. The maximum Gasteiger partial charge on any atom is 0.337 e. The van der Waals surface area contributed by atoms with Gasteiger partial charge in [0.2, 0.25) is 0 Å². The molecule has 0 saturated carbocycles. The Kier molecular flexibility index (Phi) is 7.10. The third kappa shape index (κ3) is 5.16. The van der Waals surface area contributed by atoms with Crippen molar-refractivity contribution in [2.75, 3.05) is 23.9 Å². The summed E-state index contributed by atoms with van der Waals surface area (Å²) in [4.78, 5) is 29.3. The third-order valence-corrected chi connectivity index (χ3v) is 6.29. The average molecular weight is 505 g/mol. The summed E-state index contributed by atoms with van der Waals surface area (Å²) in [5, 5.41) is 11.1. The van der Waals surface area contributed by atoms with Gasteiger partial charge in [0.1, 0.15) is 0 Å². The number of hydrogen-bond donors (Lipinski definition) is 1. The van der Waals surface area contributed by atoms with Gasteiger partial charge in [-0.05, 0) is 78.9 Å². The van der Waals surface area contributed by atoms with Crippen molar-refractivity contribution in [1.29, 1.82) is 0 Å². The molecule has 1 N–H and O–H groups in total. The van der Waals surface area contributed by atoms with E-state index in [1.54, 1.807) is 72.6 Å². The van der Waals surface area contributed by atoms with Crippen LogP contribution in [0.25, 0.3) is 0 Å². The van der Waals surface area contributed by atoms with Crippen LogP contribution in [0.4, 0.5) is 22.7 Å². The fourth-order valence-electron chi connectivity index (χ4n) is 3.86. The maximum absolute atomic E-state index is 13.6. The minimum absolute atomic E-state index is 0.0248. The van der Waals surface area contributed by atoms with Crippen molar-refractivity contribution in [3.05, 3.63) is 118 Å². The Bertz CT molecular complexity index is 1390. The zero-order chi connectivity index (χ0) is 25.1. The van der Waals surface area contributed by atoms with E-state index in [0.29, 0.717) is 27.0 Å². The van der Waals surface area contributed by atoms with Crippen LogP contribution in [-0.4, -0.2) is 31.0 Å². The molecule has 0 aliphatic rings. The van der Waals surface area contributed by atoms with Crippen molar-refractivity contribution in [1.82, 2.24) is 0 Å². The molecule has 5 nitrogen and oxygen atoms in total. The minimum atomic E-state index is -1.12. The summed E-state index contributed by atoms with van der Waals surface area (Å²) in [6, 6.07) is 26.3. The number of anilines is 4. The largest absolute Gasteiger partial charge is 0.478 e. The molecule has 0 aliphatic carbocycles. The first-order valence-electron chi connectivity index (χ1n) is 10.8. The van der Waals surface area contributed by atoms with Crippen molar-refractivity contribution in [3.8, 4) is 0 Å². The topological polar surface area (TPSA) is 60.9 Å². The Morgan fingerprint density at radius 3 is 1.66 bits per heavy atom. The Labute approximate surface area is 213 Å². The van der Waals surface area contributed by atoms with Gasteiger partial charge >= 0.3 is 5.97 Å². The lowest BCUT2D eigenvalue weighted by Crippen LogP contribution is -2.17. The van der Waals surface area contributed by atoms with Gasteiger partial charge < -0.3 is 14.9 Å². The molecule has 0 fully saturated rings. The van der Waals surface area contributed by atoms with Crippen LogP contribution in [0.3, 0.4) is 0 Å². The van der Waals surface area contributed by atoms with Crippen LogP contribution in [0.2, 0.25) is 10.0 Å². The van der Waals surface area contributed by atoms with Crippen molar-refractivity contribution in [2.24, 2.45) is 0 Å². The van der Waals surface area contributed by atoms with Crippen LogP contribution in [-0.2, 0) is 0 Å². The molecule has 7 heteroatoms. The number of para-hydroxylation sites is 1. The highest BCUT2D eigenvalue weighted by molar-refractivity contribution is 6.31. The van der Waals surface area contributed by atoms with Gasteiger partial charge in [-0.2, -0.15) is 0 Å². The van der Waals surface area contributed by atoms with Gasteiger partial charge in [0.25, 0.3) is 0 Å². The van der Waals surface area contributed by atoms with Gasteiger partial charge in [0.15, 0.2) is 5.78 Å². The van der Waals surface area contributed by atoms with Crippen molar-refractivity contribution in [2.45, 2.75) is 0 Å². The fraction of sp³-hybridized carbons (Fsp3) is 0.0714. The van der Waals surface area contributed by atoms with Gasteiger partial charge in [-0.15, -0.1) is 0 Å². The molecule has 0 aromatic heterocycles. The molecule has 0 atom stereocenters. The van der Waals surface area contributed by atoms with E-state index in [-0.39, 0.29) is 16.9 Å². The quantitative estimate of drug-likeness (QED) is 0.264. The molecular formula is C28H22Cl2N2O3. The Balaban J connectivity index is 1.71. The number of carboxylic acids is 1. The highest BCUT2D eigenvalue weighted by atomic mass is 35.5. The van der Waals surface area contributed by atoms with Crippen LogP contribution in [0.15, 0.2) is 91.0 Å². The number of carboxylic acid groups (broad SMARTS) is 1. The van der Waals surface area contributed by atoms with Crippen LogP contribution in [0, 0.1) is 0 Å². The van der Waals surface area contributed by atoms with E-state index >= 15 is 0 Å². The van der Waals surface area contributed by atoms with Crippen LogP contribution in [0.1, 0.15) is 26.3 Å². The number of halogens is 2. The first-order chi connectivity index (χ1) is 16.8. The summed E-state index contributed by atoms with van der Waals surface area (Å²) in [6.07, 6.45) is 0. The van der Waals surface area contributed by atoms with E-state index < -0.39 is 5.97 Å². The molecule has 0 bridgehead atoms. The number of aromatic carboxylic acids is 1. The summed E-state index contributed by atoms with van der Waals surface area (Å²) in [5.74, 6) is -1.40. The van der Waals surface area contributed by atoms with Crippen molar-refractivity contribution in [3.63, 3.8) is 0 Å². The zero-order valence-electron chi connectivity index (χ0n) is 19.1. The predicted molar refractivity (Wildman–Crippen MR) is 142 cm³/mol. The van der Waals surface area contributed by atoms with E-state index in [0.717, 1.165) is 11.4 Å². The molecular weight excluding hydrogens is 483 g/mol. The lowest BCUT2D eigenvalue weighted by atomic mass is 9.98. The number of carbonyl (C=O) groups is 2. The molecule has 0 unspecified atom stereocenters. The number of nitrogens with zero attached hydrogens (tertiary/aromatic N) is 2.